The van der Waals surface area contributed by atoms with E-state index in [2.05, 4.69) is 27.8 Å². The van der Waals surface area contributed by atoms with Gasteiger partial charge in [-0.2, -0.15) is 0 Å². The zero-order valence-electron chi connectivity index (χ0n) is 12.0. The van der Waals surface area contributed by atoms with Gasteiger partial charge in [-0.1, -0.05) is 54.3 Å². The number of halogens is 3. The Hall–Kier alpha value is -2.44. The van der Waals surface area contributed by atoms with Gasteiger partial charge >= 0.3 is 0 Å². The van der Waals surface area contributed by atoms with Crippen molar-refractivity contribution < 1.29 is 8.78 Å². The van der Waals surface area contributed by atoms with Crippen LogP contribution in [0.2, 0.25) is 0 Å². The summed E-state index contributed by atoms with van der Waals surface area (Å²) in [5, 5.41) is 0. The van der Waals surface area contributed by atoms with Gasteiger partial charge in [-0.3, -0.25) is 0 Å². The Bertz CT molecular complexity index is 889. The van der Waals surface area contributed by atoms with E-state index < -0.39 is 11.6 Å². The van der Waals surface area contributed by atoms with Crippen LogP contribution in [0.15, 0.2) is 71.2 Å². The Labute approximate surface area is 141 Å². The molecule has 0 radical (unpaired) electrons. The van der Waals surface area contributed by atoms with E-state index in [0.717, 1.165) is 22.8 Å². The first-order valence-electron chi connectivity index (χ1n) is 6.95. The van der Waals surface area contributed by atoms with E-state index >= 15 is 0 Å². The van der Waals surface area contributed by atoms with Gasteiger partial charge in [0, 0.05) is 17.2 Å². The van der Waals surface area contributed by atoms with E-state index in [0.29, 0.717) is 0 Å². The van der Waals surface area contributed by atoms with Crippen LogP contribution >= 0.6 is 15.9 Å². The summed E-state index contributed by atoms with van der Waals surface area (Å²) in [6, 6.07) is 19.8. The number of rotatable bonds is 1. The molecule has 0 heterocycles. The van der Waals surface area contributed by atoms with Crippen molar-refractivity contribution in [3.8, 4) is 23.0 Å². The van der Waals surface area contributed by atoms with Crippen molar-refractivity contribution in [3.63, 3.8) is 0 Å². The normalized spacial score (nSPS) is 10.0. The van der Waals surface area contributed by atoms with Crippen LogP contribution in [-0.2, 0) is 0 Å². The molecular formula is C20H11BrF2. The average Bonchev–Trinajstić information content (AvgIpc) is 2.58. The van der Waals surface area contributed by atoms with Gasteiger partial charge < -0.3 is 0 Å². The molecule has 3 rings (SSSR count). The molecule has 0 aliphatic rings. The van der Waals surface area contributed by atoms with Crippen molar-refractivity contribution >= 4 is 15.9 Å². The second-order valence-electron chi connectivity index (χ2n) is 4.94. The Kier molecular flexibility index (Phi) is 4.55. The van der Waals surface area contributed by atoms with Crippen LogP contribution in [-0.4, -0.2) is 0 Å². The van der Waals surface area contributed by atoms with Crippen LogP contribution in [0.1, 0.15) is 11.1 Å². The number of hydrogen-bond donors (Lipinski definition) is 0. The van der Waals surface area contributed by atoms with Crippen LogP contribution in [0.25, 0.3) is 11.1 Å². The van der Waals surface area contributed by atoms with E-state index in [1.807, 2.05) is 54.6 Å². The lowest BCUT2D eigenvalue weighted by Crippen LogP contribution is -1.87. The third-order valence-corrected chi connectivity index (χ3v) is 4.13. The zero-order chi connectivity index (χ0) is 16.2. The predicted octanol–water partition coefficient (Wildman–Crippen LogP) is 5.79. The maximum Gasteiger partial charge on any atom is 0.141 e. The monoisotopic (exact) mass is 368 g/mol. The smallest absolute Gasteiger partial charge is 0.141 e. The van der Waals surface area contributed by atoms with E-state index in [9.17, 15) is 8.78 Å². The second-order valence-corrected chi connectivity index (χ2v) is 5.74. The molecule has 23 heavy (non-hydrogen) atoms. The van der Waals surface area contributed by atoms with Gasteiger partial charge in [-0.05, 0) is 45.3 Å². The number of benzene rings is 3. The van der Waals surface area contributed by atoms with Crippen molar-refractivity contribution in [2.75, 3.05) is 0 Å². The minimum atomic E-state index is -0.659. The molecule has 0 unspecified atom stereocenters. The molecule has 0 fully saturated rings. The molecule has 0 N–H and O–H groups in total. The molecule has 0 saturated carbocycles. The highest BCUT2D eigenvalue weighted by Crippen LogP contribution is 2.22. The molecule has 0 aliphatic heterocycles. The van der Waals surface area contributed by atoms with Gasteiger partial charge in [0.05, 0.1) is 4.47 Å². The predicted molar refractivity (Wildman–Crippen MR) is 91.9 cm³/mol. The van der Waals surface area contributed by atoms with Crippen LogP contribution in [0.5, 0.6) is 0 Å². The van der Waals surface area contributed by atoms with Crippen molar-refractivity contribution in [2.24, 2.45) is 0 Å². The van der Waals surface area contributed by atoms with Crippen molar-refractivity contribution in [3.05, 3.63) is 94.0 Å². The average molecular weight is 369 g/mol. The summed E-state index contributed by atoms with van der Waals surface area (Å²) in [7, 11) is 0. The molecule has 3 aromatic carbocycles. The standard InChI is InChI=1S/C20H11BrF2/c21-20-17(12-18(22)13-19(20)23)11-8-14-6-9-16(10-7-14)15-4-2-1-3-5-15/h1-7,9-10,12-13H. The third kappa shape index (κ3) is 3.67. The zero-order valence-corrected chi connectivity index (χ0v) is 13.6. The molecule has 112 valence electrons. The van der Waals surface area contributed by atoms with Crippen molar-refractivity contribution in [1.82, 2.24) is 0 Å². The molecule has 0 spiro atoms. The van der Waals surface area contributed by atoms with Crippen LogP contribution in [0.4, 0.5) is 8.78 Å². The Morgan fingerprint density at radius 1 is 0.739 bits per heavy atom. The van der Waals surface area contributed by atoms with Crippen LogP contribution in [0, 0.1) is 23.5 Å². The second kappa shape index (κ2) is 6.76. The fraction of sp³-hybridized carbons (Fsp3) is 0. The van der Waals surface area contributed by atoms with E-state index in [1.54, 1.807) is 0 Å². The van der Waals surface area contributed by atoms with Gasteiger partial charge in [-0.25, -0.2) is 8.78 Å². The fourth-order valence-corrected chi connectivity index (χ4v) is 2.49. The van der Waals surface area contributed by atoms with E-state index in [1.165, 1.54) is 6.07 Å². The highest BCUT2D eigenvalue weighted by molar-refractivity contribution is 9.10. The van der Waals surface area contributed by atoms with Crippen LogP contribution < -0.4 is 0 Å². The van der Waals surface area contributed by atoms with Gasteiger partial charge in [0.25, 0.3) is 0 Å². The summed E-state index contributed by atoms with van der Waals surface area (Å²) >= 11 is 3.09. The summed E-state index contributed by atoms with van der Waals surface area (Å²) < 4.78 is 26.9. The van der Waals surface area contributed by atoms with Crippen molar-refractivity contribution in [1.29, 1.82) is 0 Å². The van der Waals surface area contributed by atoms with Crippen LogP contribution in [0.3, 0.4) is 0 Å². The molecule has 0 atom stereocenters. The first-order chi connectivity index (χ1) is 11.1. The Morgan fingerprint density at radius 3 is 2.09 bits per heavy atom. The minimum Gasteiger partial charge on any atom is -0.207 e. The number of hydrogen-bond acceptors (Lipinski definition) is 0. The molecular weight excluding hydrogens is 358 g/mol. The molecule has 3 aromatic rings. The van der Waals surface area contributed by atoms with Gasteiger partial charge in [0.1, 0.15) is 11.6 Å². The van der Waals surface area contributed by atoms with Crippen molar-refractivity contribution in [2.45, 2.75) is 0 Å². The summed E-state index contributed by atoms with van der Waals surface area (Å²) in [5.41, 5.74) is 3.28. The quantitative estimate of drug-likeness (QED) is 0.376. The van der Waals surface area contributed by atoms with E-state index in [4.69, 9.17) is 0 Å². The molecule has 0 saturated heterocycles. The molecule has 3 heteroatoms. The summed E-state index contributed by atoms with van der Waals surface area (Å²) in [5.74, 6) is 4.41. The van der Waals surface area contributed by atoms with Gasteiger partial charge in [0.2, 0.25) is 0 Å². The lowest BCUT2D eigenvalue weighted by Gasteiger charge is -2.01. The highest BCUT2D eigenvalue weighted by Gasteiger charge is 2.06. The minimum absolute atomic E-state index is 0.173. The van der Waals surface area contributed by atoms with Gasteiger partial charge in [0.15, 0.2) is 0 Å². The maximum atomic E-state index is 13.5. The van der Waals surface area contributed by atoms with E-state index in [-0.39, 0.29) is 10.0 Å². The summed E-state index contributed by atoms with van der Waals surface area (Å²) in [6.45, 7) is 0. The molecule has 0 bridgehead atoms. The summed E-state index contributed by atoms with van der Waals surface area (Å²) in [4.78, 5) is 0. The molecule has 0 aliphatic carbocycles. The summed E-state index contributed by atoms with van der Waals surface area (Å²) in [6.07, 6.45) is 0. The highest BCUT2D eigenvalue weighted by atomic mass is 79.9. The maximum absolute atomic E-state index is 13.5. The largest absolute Gasteiger partial charge is 0.207 e. The lowest BCUT2D eigenvalue weighted by molar-refractivity contribution is 0.578. The van der Waals surface area contributed by atoms with Gasteiger partial charge in [-0.15, -0.1) is 0 Å². The molecule has 0 amide bonds. The first kappa shape index (κ1) is 15.5. The lowest BCUT2D eigenvalue weighted by atomic mass is 10.0. The topological polar surface area (TPSA) is 0 Å². The molecule has 0 aromatic heterocycles. The Balaban J connectivity index is 1.88. The first-order valence-corrected chi connectivity index (χ1v) is 7.75. The molecule has 0 nitrogen and oxygen atoms in total. The fourth-order valence-electron chi connectivity index (χ4n) is 2.16. The SMILES string of the molecule is Fc1cc(F)c(Br)c(C#Cc2ccc(-c3ccccc3)cc2)c1. The third-order valence-electron chi connectivity index (χ3n) is 3.33. The Morgan fingerprint density at radius 2 is 1.39 bits per heavy atom.